The van der Waals surface area contributed by atoms with Crippen LogP contribution in [0, 0.1) is 12.7 Å². The molecule has 28 heavy (non-hydrogen) atoms. The molecule has 2 N–H and O–H groups in total. The standard InChI is InChI=1S/C21H25FN4O2/c1-16-2-4-17(5-3-16)14-23-21(28)24-15-20(27)26-12-10-25(11-13-26)19-8-6-18(22)7-9-19/h2-9H,10-15H2,1H3,(H2,23,24,28). The zero-order valence-electron chi connectivity index (χ0n) is 16.0. The van der Waals surface area contributed by atoms with E-state index in [0.717, 1.165) is 11.3 Å². The number of halogens is 1. The van der Waals surface area contributed by atoms with E-state index in [1.807, 2.05) is 31.2 Å². The molecule has 1 aliphatic rings. The Labute approximate surface area is 164 Å². The first kappa shape index (κ1) is 19.7. The van der Waals surface area contributed by atoms with Gasteiger partial charge in [-0.3, -0.25) is 4.79 Å². The van der Waals surface area contributed by atoms with Gasteiger partial charge in [0, 0.05) is 38.4 Å². The summed E-state index contributed by atoms with van der Waals surface area (Å²) in [7, 11) is 0. The van der Waals surface area contributed by atoms with Gasteiger partial charge in [0.05, 0.1) is 6.54 Å². The highest BCUT2D eigenvalue weighted by molar-refractivity contribution is 5.84. The molecule has 1 saturated heterocycles. The Morgan fingerprint density at radius 3 is 2.21 bits per heavy atom. The quantitative estimate of drug-likeness (QED) is 0.831. The van der Waals surface area contributed by atoms with Crippen molar-refractivity contribution in [3.05, 3.63) is 65.5 Å². The molecule has 3 rings (SSSR count). The maximum absolute atomic E-state index is 13.0. The molecule has 0 radical (unpaired) electrons. The second-order valence-corrected chi connectivity index (χ2v) is 6.87. The smallest absolute Gasteiger partial charge is 0.315 e. The van der Waals surface area contributed by atoms with E-state index in [2.05, 4.69) is 15.5 Å². The van der Waals surface area contributed by atoms with Gasteiger partial charge < -0.3 is 20.4 Å². The molecular formula is C21H25FN4O2. The molecule has 6 nitrogen and oxygen atoms in total. The molecular weight excluding hydrogens is 359 g/mol. The SMILES string of the molecule is Cc1ccc(CNC(=O)NCC(=O)N2CCN(c3ccc(F)cc3)CC2)cc1. The van der Waals surface area contributed by atoms with Crippen LogP contribution in [0.4, 0.5) is 14.9 Å². The Balaban J connectivity index is 1.37. The molecule has 148 valence electrons. The lowest BCUT2D eigenvalue weighted by atomic mass is 10.1. The summed E-state index contributed by atoms with van der Waals surface area (Å²) in [5.41, 5.74) is 3.12. The lowest BCUT2D eigenvalue weighted by Crippen LogP contribution is -2.52. The van der Waals surface area contributed by atoms with E-state index in [0.29, 0.717) is 32.7 Å². The number of carbonyl (C=O) groups is 2. The average molecular weight is 384 g/mol. The fraction of sp³-hybridized carbons (Fsp3) is 0.333. The summed E-state index contributed by atoms with van der Waals surface area (Å²) in [5.74, 6) is -0.367. The third kappa shape index (κ3) is 5.45. The third-order valence-electron chi connectivity index (χ3n) is 4.80. The maximum Gasteiger partial charge on any atom is 0.315 e. The second-order valence-electron chi connectivity index (χ2n) is 6.87. The van der Waals surface area contributed by atoms with Crippen LogP contribution in [-0.4, -0.2) is 49.6 Å². The van der Waals surface area contributed by atoms with Gasteiger partial charge in [0.25, 0.3) is 0 Å². The second kappa shape index (κ2) is 9.21. The molecule has 3 amide bonds. The Hall–Kier alpha value is -3.09. The molecule has 2 aromatic rings. The van der Waals surface area contributed by atoms with Gasteiger partial charge in [-0.2, -0.15) is 0 Å². The van der Waals surface area contributed by atoms with Gasteiger partial charge in [0.15, 0.2) is 0 Å². The predicted octanol–water partition coefficient (Wildman–Crippen LogP) is 2.28. The van der Waals surface area contributed by atoms with E-state index in [9.17, 15) is 14.0 Å². The minimum atomic E-state index is -0.362. The number of nitrogens with zero attached hydrogens (tertiary/aromatic N) is 2. The summed E-state index contributed by atoms with van der Waals surface area (Å²) in [6.07, 6.45) is 0. The largest absolute Gasteiger partial charge is 0.368 e. The summed E-state index contributed by atoms with van der Waals surface area (Å²) in [4.78, 5) is 28.1. The Morgan fingerprint density at radius 1 is 0.929 bits per heavy atom. The first-order valence-electron chi connectivity index (χ1n) is 9.37. The summed E-state index contributed by atoms with van der Waals surface area (Å²) >= 11 is 0. The van der Waals surface area contributed by atoms with Gasteiger partial charge in [-0.15, -0.1) is 0 Å². The molecule has 1 aliphatic heterocycles. The number of hydrogen-bond donors (Lipinski definition) is 2. The lowest BCUT2D eigenvalue weighted by molar-refractivity contribution is -0.130. The lowest BCUT2D eigenvalue weighted by Gasteiger charge is -2.36. The Bertz CT molecular complexity index is 800. The van der Waals surface area contributed by atoms with Crippen molar-refractivity contribution in [1.29, 1.82) is 0 Å². The normalized spacial score (nSPS) is 13.9. The Kier molecular flexibility index (Phi) is 6.47. The highest BCUT2D eigenvalue weighted by Gasteiger charge is 2.21. The van der Waals surface area contributed by atoms with Crippen molar-refractivity contribution in [2.75, 3.05) is 37.6 Å². The highest BCUT2D eigenvalue weighted by atomic mass is 19.1. The number of benzene rings is 2. The van der Waals surface area contributed by atoms with E-state index >= 15 is 0 Å². The van der Waals surface area contributed by atoms with Crippen LogP contribution in [0.15, 0.2) is 48.5 Å². The molecule has 0 bridgehead atoms. The van der Waals surface area contributed by atoms with Crippen LogP contribution >= 0.6 is 0 Å². The van der Waals surface area contributed by atoms with Gasteiger partial charge in [0.2, 0.25) is 5.91 Å². The number of nitrogens with one attached hydrogen (secondary N) is 2. The van der Waals surface area contributed by atoms with Crippen molar-refractivity contribution in [3.8, 4) is 0 Å². The van der Waals surface area contributed by atoms with Crippen molar-refractivity contribution >= 4 is 17.6 Å². The van der Waals surface area contributed by atoms with E-state index in [1.54, 1.807) is 17.0 Å². The minimum absolute atomic E-state index is 0.0315. The number of hydrogen-bond acceptors (Lipinski definition) is 3. The van der Waals surface area contributed by atoms with Crippen LogP contribution in [-0.2, 0) is 11.3 Å². The first-order chi connectivity index (χ1) is 13.5. The maximum atomic E-state index is 13.0. The monoisotopic (exact) mass is 384 g/mol. The fourth-order valence-corrected chi connectivity index (χ4v) is 3.08. The van der Waals surface area contributed by atoms with E-state index in [1.165, 1.54) is 17.7 Å². The molecule has 0 saturated carbocycles. The average Bonchev–Trinajstić information content (AvgIpc) is 2.72. The first-order valence-corrected chi connectivity index (χ1v) is 9.37. The molecule has 7 heteroatoms. The van der Waals surface area contributed by atoms with E-state index in [4.69, 9.17) is 0 Å². The van der Waals surface area contributed by atoms with Crippen LogP contribution in [0.5, 0.6) is 0 Å². The third-order valence-corrected chi connectivity index (χ3v) is 4.80. The van der Waals surface area contributed by atoms with E-state index < -0.39 is 0 Å². The van der Waals surface area contributed by atoms with E-state index in [-0.39, 0.29) is 24.3 Å². The number of piperazine rings is 1. The summed E-state index contributed by atoms with van der Waals surface area (Å²) < 4.78 is 13.0. The van der Waals surface area contributed by atoms with Crippen LogP contribution in [0.1, 0.15) is 11.1 Å². The molecule has 0 unspecified atom stereocenters. The zero-order valence-corrected chi connectivity index (χ0v) is 16.0. The van der Waals surface area contributed by atoms with Crippen molar-refractivity contribution in [1.82, 2.24) is 15.5 Å². The molecule has 2 aromatic carbocycles. The number of rotatable bonds is 5. The van der Waals surface area contributed by atoms with Gasteiger partial charge in [0.1, 0.15) is 5.82 Å². The highest BCUT2D eigenvalue weighted by Crippen LogP contribution is 2.16. The molecule has 0 spiro atoms. The van der Waals surface area contributed by atoms with Crippen molar-refractivity contribution < 1.29 is 14.0 Å². The van der Waals surface area contributed by atoms with Crippen molar-refractivity contribution in [3.63, 3.8) is 0 Å². The topological polar surface area (TPSA) is 64.7 Å². The van der Waals surface area contributed by atoms with Gasteiger partial charge in [-0.25, -0.2) is 9.18 Å². The summed E-state index contributed by atoms with van der Waals surface area (Å²) in [6, 6.07) is 13.9. The molecule has 0 aromatic heterocycles. The minimum Gasteiger partial charge on any atom is -0.368 e. The predicted molar refractivity (Wildman–Crippen MR) is 107 cm³/mol. The van der Waals surface area contributed by atoms with Crippen LogP contribution < -0.4 is 15.5 Å². The van der Waals surface area contributed by atoms with Crippen molar-refractivity contribution in [2.24, 2.45) is 0 Å². The molecule has 1 fully saturated rings. The van der Waals surface area contributed by atoms with Crippen LogP contribution in [0.2, 0.25) is 0 Å². The number of carbonyl (C=O) groups excluding carboxylic acids is 2. The van der Waals surface area contributed by atoms with Crippen LogP contribution in [0.3, 0.4) is 0 Å². The van der Waals surface area contributed by atoms with Gasteiger partial charge in [-0.1, -0.05) is 29.8 Å². The number of anilines is 1. The number of aryl methyl sites for hydroxylation is 1. The summed E-state index contributed by atoms with van der Waals surface area (Å²) in [6.45, 7) is 4.89. The molecule has 0 atom stereocenters. The Morgan fingerprint density at radius 2 is 1.57 bits per heavy atom. The number of amides is 3. The molecule has 1 heterocycles. The fourth-order valence-electron chi connectivity index (χ4n) is 3.08. The zero-order chi connectivity index (χ0) is 19.9. The summed E-state index contributed by atoms with van der Waals surface area (Å²) in [5, 5.41) is 5.36. The van der Waals surface area contributed by atoms with Gasteiger partial charge >= 0.3 is 6.03 Å². The van der Waals surface area contributed by atoms with Crippen LogP contribution in [0.25, 0.3) is 0 Å². The van der Waals surface area contributed by atoms with Gasteiger partial charge in [-0.05, 0) is 36.8 Å². The number of urea groups is 1. The molecule has 0 aliphatic carbocycles. The van der Waals surface area contributed by atoms with Crippen molar-refractivity contribution in [2.45, 2.75) is 13.5 Å².